The Kier molecular flexibility index (Phi) is 4.06. The zero-order valence-electron chi connectivity index (χ0n) is 14.9. The van der Waals surface area contributed by atoms with Crippen molar-refractivity contribution in [3.05, 3.63) is 46.5 Å². The maximum atomic E-state index is 13.1. The summed E-state index contributed by atoms with van der Waals surface area (Å²) in [6.45, 7) is 2.17. The van der Waals surface area contributed by atoms with E-state index in [9.17, 15) is 24.3 Å². The van der Waals surface area contributed by atoms with Gasteiger partial charge in [-0.25, -0.2) is 4.79 Å². The van der Waals surface area contributed by atoms with Crippen LogP contribution in [-0.4, -0.2) is 40.1 Å². The summed E-state index contributed by atoms with van der Waals surface area (Å²) in [7, 11) is 0. The minimum atomic E-state index is -1.20. The Bertz CT molecular complexity index is 979. The van der Waals surface area contributed by atoms with Crippen LogP contribution < -0.4 is 0 Å². The van der Waals surface area contributed by atoms with Crippen molar-refractivity contribution in [3.63, 3.8) is 0 Å². The summed E-state index contributed by atoms with van der Waals surface area (Å²) in [6, 6.07) is 5.63. The van der Waals surface area contributed by atoms with Crippen molar-refractivity contribution in [2.75, 3.05) is 0 Å². The van der Waals surface area contributed by atoms with E-state index >= 15 is 0 Å². The first-order valence-electron chi connectivity index (χ1n) is 9.10. The molecule has 2 amide bonds. The Balaban J connectivity index is 1.92. The van der Waals surface area contributed by atoms with Crippen LogP contribution in [0.15, 0.2) is 24.3 Å². The highest BCUT2D eigenvalue weighted by atomic mass is 16.4. The number of hydrogen-bond acceptors (Lipinski definition) is 4. The van der Waals surface area contributed by atoms with Crippen LogP contribution >= 0.6 is 0 Å². The third-order valence-corrected chi connectivity index (χ3v) is 5.80. The number of aldehydes is 1. The van der Waals surface area contributed by atoms with Crippen LogP contribution in [0.25, 0.3) is 10.8 Å². The molecule has 1 heterocycles. The second-order valence-electron chi connectivity index (χ2n) is 7.43. The molecular formula is C21H19NO5. The molecule has 1 saturated carbocycles. The topological polar surface area (TPSA) is 91.8 Å². The molecule has 27 heavy (non-hydrogen) atoms. The van der Waals surface area contributed by atoms with Crippen LogP contribution in [-0.2, 0) is 0 Å². The van der Waals surface area contributed by atoms with Crippen molar-refractivity contribution in [2.24, 2.45) is 5.92 Å². The van der Waals surface area contributed by atoms with Crippen molar-refractivity contribution in [2.45, 2.75) is 38.6 Å². The number of aromatic carboxylic acids is 1. The van der Waals surface area contributed by atoms with E-state index in [4.69, 9.17) is 0 Å². The molecule has 138 valence electrons. The van der Waals surface area contributed by atoms with Gasteiger partial charge >= 0.3 is 5.97 Å². The summed E-state index contributed by atoms with van der Waals surface area (Å²) in [5, 5.41) is 9.92. The Morgan fingerprint density at radius 1 is 1.00 bits per heavy atom. The molecule has 0 bridgehead atoms. The van der Waals surface area contributed by atoms with Crippen LogP contribution in [0.2, 0.25) is 0 Å². The monoisotopic (exact) mass is 365 g/mol. The molecular weight excluding hydrogens is 346 g/mol. The van der Waals surface area contributed by atoms with Crippen LogP contribution in [0, 0.1) is 5.92 Å². The zero-order valence-corrected chi connectivity index (χ0v) is 14.9. The Labute approximate surface area is 155 Å². The smallest absolute Gasteiger partial charge is 0.336 e. The first kappa shape index (κ1) is 17.4. The van der Waals surface area contributed by atoms with Gasteiger partial charge in [-0.05, 0) is 49.8 Å². The summed E-state index contributed by atoms with van der Waals surface area (Å²) >= 11 is 0. The van der Waals surface area contributed by atoms with Gasteiger partial charge < -0.3 is 5.11 Å². The zero-order chi connectivity index (χ0) is 19.3. The van der Waals surface area contributed by atoms with Crippen LogP contribution in [0.1, 0.15) is 74.0 Å². The number of carbonyl (C=O) groups is 4. The van der Waals surface area contributed by atoms with Gasteiger partial charge in [-0.1, -0.05) is 13.0 Å². The molecule has 0 radical (unpaired) electrons. The van der Waals surface area contributed by atoms with Gasteiger partial charge in [0.25, 0.3) is 11.8 Å². The number of amides is 2. The van der Waals surface area contributed by atoms with Gasteiger partial charge in [0, 0.05) is 33.5 Å². The second kappa shape index (κ2) is 6.30. The van der Waals surface area contributed by atoms with Crippen molar-refractivity contribution >= 4 is 34.8 Å². The third-order valence-electron chi connectivity index (χ3n) is 5.80. The predicted octanol–water partition coefficient (Wildman–Crippen LogP) is 3.53. The van der Waals surface area contributed by atoms with Gasteiger partial charge in [-0.15, -0.1) is 0 Å². The molecule has 6 heteroatoms. The first-order chi connectivity index (χ1) is 12.9. The fraction of sp³-hybridized carbons (Fsp3) is 0.333. The van der Waals surface area contributed by atoms with Crippen LogP contribution in [0.5, 0.6) is 0 Å². The first-order valence-corrected chi connectivity index (χ1v) is 9.10. The molecule has 1 aliphatic carbocycles. The summed E-state index contributed by atoms with van der Waals surface area (Å²) in [5.74, 6) is -1.43. The predicted molar refractivity (Wildman–Crippen MR) is 98.2 cm³/mol. The Morgan fingerprint density at radius 3 is 2.15 bits per heavy atom. The van der Waals surface area contributed by atoms with E-state index in [0.29, 0.717) is 12.2 Å². The number of hydrogen-bond donors (Lipinski definition) is 1. The molecule has 2 aromatic rings. The molecule has 0 spiro atoms. The number of carbonyl (C=O) groups excluding carboxylic acids is 3. The molecule has 4 rings (SSSR count). The summed E-state index contributed by atoms with van der Waals surface area (Å²) in [6.07, 6.45) is 4.03. The fourth-order valence-corrected chi connectivity index (χ4v) is 4.34. The normalized spacial score (nSPS) is 22.2. The highest BCUT2D eigenvalue weighted by Crippen LogP contribution is 2.37. The van der Waals surface area contributed by atoms with Gasteiger partial charge in [0.1, 0.15) is 0 Å². The molecule has 0 aromatic heterocycles. The van der Waals surface area contributed by atoms with Crippen molar-refractivity contribution in [3.8, 4) is 0 Å². The third kappa shape index (κ3) is 2.55. The Hall–Kier alpha value is -3.02. The number of nitrogens with zero attached hydrogens (tertiary/aromatic N) is 1. The van der Waals surface area contributed by atoms with E-state index in [0.717, 1.165) is 25.7 Å². The van der Waals surface area contributed by atoms with Gasteiger partial charge in [-0.2, -0.15) is 0 Å². The van der Waals surface area contributed by atoms with E-state index in [1.165, 1.54) is 29.2 Å². The van der Waals surface area contributed by atoms with Crippen molar-refractivity contribution in [1.29, 1.82) is 0 Å². The minimum Gasteiger partial charge on any atom is -0.478 e. The molecule has 2 aromatic carbocycles. The average molecular weight is 365 g/mol. The van der Waals surface area contributed by atoms with Gasteiger partial charge in [0.15, 0.2) is 6.29 Å². The van der Waals surface area contributed by atoms with Crippen molar-refractivity contribution < 1.29 is 24.3 Å². The van der Waals surface area contributed by atoms with Gasteiger partial charge in [0.05, 0.1) is 5.56 Å². The molecule has 1 fully saturated rings. The highest BCUT2D eigenvalue weighted by Gasteiger charge is 2.39. The number of benzene rings is 2. The number of rotatable bonds is 3. The maximum Gasteiger partial charge on any atom is 0.336 e. The molecule has 0 saturated heterocycles. The largest absolute Gasteiger partial charge is 0.478 e. The summed E-state index contributed by atoms with van der Waals surface area (Å²) in [4.78, 5) is 50.7. The maximum absolute atomic E-state index is 13.1. The summed E-state index contributed by atoms with van der Waals surface area (Å²) < 4.78 is 0. The quantitative estimate of drug-likeness (QED) is 0.664. The van der Waals surface area contributed by atoms with Crippen LogP contribution in [0.3, 0.4) is 0 Å². The van der Waals surface area contributed by atoms with Gasteiger partial charge in [-0.3, -0.25) is 19.3 Å². The molecule has 0 unspecified atom stereocenters. The second-order valence-corrected chi connectivity index (χ2v) is 7.43. The lowest BCUT2D eigenvalue weighted by Gasteiger charge is -2.37. The number of carboxylic acid groups (broad SMARTS) is 1. The molecule has 2 aliphatic rings. The van der Waals surface area contributed by atoms with Crippen LogP contribution in [0.4, 0.5) is 0 Å². The SMILES string of the molecule is CC1CCC(N2C(=O)c3ccc(C=O)c4c(C(=O)O)ccc(c34)C2=O)CC1. The van der Waals surface area contributed by atoms with E-state index in [-0.39, 0.29) is 39.1 Å². The lowest BCUT2D eigenvalue weighted by atomic mass is 9.83. The van der Waals surface area contributed by atoms with E-state index in [1.54, 1.807) is 0 Å². The van der Waals surface area contributed by atoms with E-state index in [1.807, 2.05) is 0 Å². The van der Waals surface area contributed by atoms with Gasteiger partial charge in [0.2, 0.25) is 0 Å². The lowest BCUT2D eigenvalue weighted by Crippen LogP contribution is -2.48. The molecule has 0 atom stereocenters. The standard InChI is InChI=1S/C21H19NO5/c1-11-2-5-13(6-3-11)22-19(24)14-7-4-12(10-23)17-16(21(26)27)9-8-15(18(14)17)20(22)25/h4,7-11,13H,2-3,5-6H2,1H3,(H,26,27). The minimum absolute atomic E-state index is 0.0850. The lowest BCUT2D eigenvalue weighted by molar-refractivity contribution is 0.0486. The highest BCUT2D eigenvalue weighted by molar-refractivity contribution is 6.29. The number of carboxylic acids is 1. The molecule has 1 aliphatic heterocycles. The molecule has 6 nitrogen and oxygen atoms in total. The van der Waals surface area contributed by atoms with Crippen molar-refractivity contribution in [1.82, 2.24) is 4.90 Å². The van der Waals surface area contributed by atoms with E-state index in [2.05, 4.69) is 6.92 Å². The summed E-state index contributed by atoms with van der Waals surface area (Å²) in [5.41, 5.74) is 0.644. The molecule has 1 N–H and O–H groups in total. The Morgan fingerprint density at radius 2 is 1.59 bits per heavy atom. The number of imide groups is 1. The van der Waals surface area contributed by atoms with E-state index < -0.39 is 17.8 Å². The average Bonchev–Trinajstić information content (AvgIpc) is 2.66. The fourth-order valence-electron chi connectivity index (χ4n) is 4.34.